The van der Waals surface area contributed by atoms with Gasteiger partial charge < -0.3 is 0 Å². The molecule has 0 bridgehead atoms. The molecule has 21 heavy (non-hydrogen) atoms. The second kappa shape index (κ2) is 6.34. The molecule has 0 amide bonds. The highest BCUT2D eigenvalue weighted by Crippen LogP contribution is 2.21. The zero-order valence-electron chi connectivity index (χ0n) is 12.3. The van der Waals surface area contributed by atoms with Crippen LogP contribution in [-0.2, 0) is 10.2 Å². The van der Waals surface area contributed by atoms with E-state index < -0.39 is 10.2 Å². The van der Waals surface area contributed by atoms with E-state index in [0.717, 1.165) is 21.0 Å². The molecule has 2 aromatic rings. The summed E-state index contributed by atoms with van der Waals surface area (Å²) in [4.78, 5) is 4.09. The van der Waals surface area contributed by atoms with Crippen LogP contribution >= 0.6 is 0 Å². The van der Waals surface area contributed by atoms with E-state index >= 15 is 0 Å². The second-order valence-corrected chi connectivity index (χ2v) is 6.91. The molecular weight excluding hydrogens is 286 g/mol. The number of nitrogens with zero attached hydrogens (tertiary/aromatic N) is 2. The largest absolute Gasteiger partial charge is 0.279 e. The predicted octanol–water partition coefficient (Wildman–Crippen LogP) is 2.21. The molecular formula is C15H19N3O2S. The molecule has 0 aliphatic rings. The molecule has 2 rings (SSSR count). The summed E-state index contributed by atoms with van der Waals surface area (Å²) in [6.45, 7) is 1.82. The summed E-state index contributed by atoms with van der Waals surface area (Å²) in [5.41, 5.74) is 2.99. The van der Waals surface area contributed by atoms with Crippen molar-refractivity contribution in [1.29, 1.82) is 0 Å². The van der Waals surface area contributed by atoms with Crippen LogP contribution in [-0.4, -0.2) is 31.8 Å². The molecule has 0 aliphatic carbocycles. The third-order valence-corrected chi connectivity index (χ3v) is 4.82. The smallest absolute Gasteiger partial charge is 0.264 e. The number of rotatable bonds is 5. The average Bonchev–Trinajstić information content (AvgIpc) is 2.48. The fourth-order valence-corrected chi connectivity index (χ4v) is 2.69. The maximum Gasteiger partial charge on any atom is 0.279 e. The minimum absolute atomic E-state index is 0.291. The first-order valence-electron chi connectivity index (χ1n) is 6.60. The van der Waals surface area contributed by atoms with Crippen molar-refractivity contribution in [2.24, 2.45) is 0 Å². The molecule has 0 saturated heterocycles. The molecule has 1 aromatic carbocycles. The quantitative estimate of drug-likeness (QED) is 0.921. The van der Waals surface area contributed by atoms with Crippen molar-refractivity contribution < 1.29 is 8.42 Å². The van der Waals surface area contributed by atoms with Gasteiger partial charge in [0.2, 0.25) is 0 Å². The van der Waals surface area contributed by atoms with Gasteiger partial charge in [-0.1, -0.05) is 30.3 Å². The van der Waals surface area contributed by atoms with E-state index in [1.54, 1.807) is 12.4 Å². The summed E-state index contributed by atoms with van der Waals surface area (Å²) in [7, 11) is -0.433. The SMILES string of the molecule is CC(NS(=O)(=O)N(C)C)c1ccc(-c2cccnc2)cc1. The molecule has 0 fully saturated rings. The van der Waals surface area contributed by atoms with Gasteiger partial charge in [0, 0.05) is 32.5 Å². The molecule has 1 aromatic heterocycles. The first kappa shape index (κ1) is 15.6. The average molecular weight is 305 g/mol. The lowest BCUT2D eigenvalue weighted by molar-refractivity contribution is 0.494. The lowest BCUT2D eigenvalue weighted by Gasteiger charge is -2.18. The van der Waals surface area contributed by atoms with E-state index in [1.165, 1.54) is 14.1 Å². The van der Waals surface area contributed by atoms with Gasteiger partial charge in [-0.2, -0.15) is 17.4 Å². The van der Waals surface area contributed by atoms with E-state index in [1.807, 2.05) is 43.3 Å². The number of pyridine rings is 1. The van der Waals surface area contributed by atoms with Crippen molar-refractivity contribution in [1.82, 2.24) is 14.0 Å². The molecule has 5 nitrogen and oxygen atoms in total. The summed E-state index contributed by atoms with van der Waals surface area (Å²) in [5.74, 6) is 0. The molecule has 1 unspecified atom stereocenters. The molecule has 112 valence electrons. The zero-order chi connectivity index (χ0) is 15.5. The van der Waals surface area contributed by atoms with Gasteiger partial charge in [0.15, 0.2) is 0 Å². The molecule has 6 heteroatoms. The van der Waals surface area contributed by atoms with Crippen LogP contribution in [0.1, 0.15) is 18.5 Å². The molecule has 0 saturated carbocycles. The highest BCUT2D eigenvalue weighted by molar-refractivity contribution is 7.87. The summed E-state index contributed by atoms with van der Waals surface area (Å²) in [6.07, 6.45) is 3.53. The summed E-state index contributed by atoms with van der Waals surface area (Å²) in [6, 6.07) is 11.4. The normalized spacial score (nSPS) is 13.3. The maximum atomic E-state index is 11.8. The Labute approximate surface area is 125 Å². The van der Waals surface area contributed by atoms with Crippen molar-refractivity contribution in [3.05, 3.63) is 54.4 Å². The molecule has 1 heterocycles. The van der Waals surface area contributed by atoms with Crippen LogP contribution in [0.25, 0.3) is 11.1 Å². The van der Waals surface area contributed by atoms with Crippen LogP contribution in [0.2, 0.25) is 0 Å². The number of nitrogens with one attached hydrogen (secondary N) is 1. The Bertz CT molecular complexity index is 683. The van der Waals surface area contributed by atoms with Crippen LogP contribution in [0.3, 0.4) is 0 Å². The van der Waals surface area contributed by atoms with Crippen LogP contribution in [0.4, 0.5) is 0 Å². The Morgan fingerprint density at radius 3 is 2.29 bits per heavy atom. The van der Waals surface area contributed by atoms with Crippen LogP contribution in [0, 0.1) is 0 Å². The van der Waals surface area contributed by atoms with Crippen molar-refractivity contribution in [2.45, 2.75) is 13.0 Å². The van der Waals surface area contributed by atoms with Gasteiger partial charge in [0.05, 0.1) is 0 Å². The first-order chi connectivity index (χ1) is 9.90. The predicted molar refractivity (Wildman–Crippen MR) is 83.8 cm³/mol. The monoisotopic (exact) mass is 305 g/mol. The standard InChI is InChI=1S/C15H19N3O2S/c1-12(17-21(19,20)18(2)3)13-6-8-14(9-7-13)15-5-4-10-16-11-15/h4-12,17H,1-3H3. The number of hydrogen-bond donors (Lipinski definition) is 1. The minimum atomic E-state index is -3.43. The highest BCUT2D eigenvalue weighted by Gasteiger charge is 2.17. The Kier molecular flexibility index (Phi) is 4.72. The molecule has 0 spiro atoms. The van der Waals surface area contributed by atoms with E-state index in [-0.39, 0.29) is 6.04 Å². The van der Waals surface area contributed by atoms with Gasteiger partial charge in [-0.15, -0.1) is 0 Å². The number of benzene rings is 1. The molecule has 1 N–H and O–H groups in total. The lowest BCUT2D eigenvalue weighted by Crippen LogP contribution is -2.37. The fourth-order valence-electron chi connectivity index (χ4n) is 1.89. The van der Waals surface area contributed by atoms with Crippen molar-refractivity contribution in [3.63, 3.8) is 0 Å². The van der Waals surface area contributed by atoms with Crippen LogP contribution in [0.15, 0.2) is 48.8 Å². The van der Waals surface area contributed by atoms with Crippen LogP contribution < -0.4 is 4.72 Å². The molecule has 0 aliphatic heterocycles. The van der Waals surface area contributed by atoms with Crippen LogP contribution in [0.5, 0.6) is 0 Å². The van der Waals surface area contributed by atoms with Crippen molar-refractivity contribution >= 4 is 10.2 Å². The third kappa shape index (κ3) is 3.87. The third-order valence-electron chi connectivity index (χ3n) is 3.21. The summed E-state index contributed by atoms with van der Waals surface area (Å²) < 4.78 is 27.4. The zero-order valence-corrected chi connectivity index (χ0v) is 13.1. The maximum absolute atomic E-state index is 11.8. The topological polar surface area (TPSA) is 62.3 Å². The summed E-state index contributed by atoms with van der Waals surface area (Å²) in [5, 5.41) is 0. The van der Waals surface area contributed by atoms with Gasteiger partial charge in [-0.05, 0) is 29.7 Å². The lowest BCUT2D eigenvalue weighted by atomic mass is 10.0. The number of hydrogen-bond acceptors (Lipinski definition) is 3. The van der Waals surface area contributed by atoms with Crippen molar-refractivity contribution in [3.8, 4) is 11.1 Å². The van der Waals surface area contributed by atoms with E-state index in [9.17, 15) is 8.42 Å². The minimum Gasteiger partial charge on any atom is -0.264 e. The van der Waals surface area contributed by atoms with Gasteiger partial charge in [0.25, 0.3) is 10.2 Å². The molecule has 0 radical (unpaired) electrons. The second-order valence-electron chi connectivity index (χ2n) is 4.99. The van der Waals surface area contributed by atoms with Gasteiger partial charge >= 0.3 is 0 Å². The fraction of sp³-hybridized carbons (Fsp3) is 0.267. The molecule has 1 atom stereocenters. The van der Waals surface area contributed by atoms with E-state index in [4.69, 9.17) is 0 Å². The van der Waals surface area contributed by atoms with Gasteiger partial charge in [-0.3, -0.25) is 4.98 Å². The first-order valence-corrected chi connectivity index (χ1v) is 8.04. The van der Waals surface area contributed by atoms with E-state index in [2.05, 4.69) is 9.71 Å². The number of aromatic nitrogens is 1. The van der Waals surface area contributed by atoms with E-state index in [0.29, 0.717) is 0 Å². The Hall–Kier alpha value is -1.76. The summed E-state index contributed by atoms with van der Waals surface area (Å²) >= 11 is 0. The Morgan fingerprint density at radius 1 is 1.10 bits per heavy atom. The Morgan fingerprint density at radius 2 is 1.76 bits per heavy atom. The highest BCUT2D eigenvalue weighted by atomic mass is 32.2. The van der Waals surface area contributed by atoms with Crippen molar-refractivity contribution in [2.75, 3.05) is 14.1 Å². The Balaban J connectivity index is 2.16. The van der Waals surface area contributed by atoms with Gasteiger partial charge in [0.1, 0.15) is 0 Å². The van der Waals surface area contributed by atoms with Gasteiger partial charge in [-0.25, -0.2) is 0 Å².